The van der Waals surface area contributed by atoms with E-state index >= 15 is 0 Å². The van der Waals surface area contributed by atoms with E-state index in [1.807, 2.05) is 30.3 Å². The highest BCUT2D eigenvalue weighted by atomic mass is 16.2. The summed E-state index contributed by atoms with van der Waals surface area (Å²) < 4.78 is 0. The van der Waals surface area contributed by atoms with E-state index < -0.39 is 0 Å². The smallest absolute Gasteiger partial charge is 0.251 e. The fourth-order valence-electron chi connectivity index (χ4n) is 1.76. The molecule has 0 radical (unpaired) electrons. The number of amides is 2. The van der Waals surface area contributed by atoms with E-state index in [-0.39, 0.29) is 11.8 Å². The van der Waals surface area contributed by atoms with Gasteiger partial charge < -0.3 is 16.4 Å². The molecule has 1 rings (SSSR count). The van der Waals surface area contributed by atoms with Gasteiger partial charge in [0, 0.05) is 18.7 Å². The van der Waals surface area contributed by atoms with Crippen LogP contribution in [-0.4, -0.2) is 31.4 Å². The lowest BCUT2D eigenvalue weighted by atomic mass is 10.1. The molecule has 0 bridgehead atoms. The van der Waals surface area contributed by atoms with Crippen molar-refractivity contribution in [1.82, 2.24) is 10.6 Å². The van der Waals surface area contributed by atoms with Gasteiger partial charge in [-0.1, -0.05) is 85.6 Å². The lowest BCUT2D eigenvalue weighted by Gasteiger charge is -2.09. The molecular weight excluding hydrogens is 374 g/mol. The standard InChI is InChI=1S/C12H17NO.C8H15NO.C5H13N/c1-3-10(2)9-13-12(14)11-7-5-4-6-8-11;1-4-7(3)6-9-8(10)5-2;1-3-5(2)4-6/h4-8,10H,3,9H2,1-2H3,(H,13,14);5,7H,2,4,6H2,1,3H3,(H,9,10);5H,3-4,6H2,1-2H3. The van der Waals surface area contributed by atoms with Crippen molar-refractivity contribution < 1.29 is 9.59 Å². The molecule has 2 amide bonds. The van der Waals surface area contributed by atoms with Gasteiger partial charge in [0.1, 0.15) is 0 Å². The lowest BCUT2D eigenvalue weighted by molar-refractivity contribution is -0.116. The van der Waals surface area contributed by atoms with Crippen molar-refractivity contribution >= 4 is 11.8 Å². The molecule has 3 atom stereocenters. The number of hydrogen-bond acceptors (Lipinski definition) is 3. The average Bonchev–Trinajstić information content (AvgIpc) is 2.80. The van der Waals surface area contributed by atoms with Crippen molar-refractivity contribution in [2.24, 2.45) is 23.5 Å². The summed E-state index contributed by atoms with van der Waals surface area (Å²) in [5.41, 5.74) is 6.01. The quantitative estimate of drug-likeness (QED) is 0.477. The molecule has 0 fully saturated rings. The SMILES string of the molecule is C=CC(=O)NCC(C)CC.CCC(C)CN.CCC(C)CNC(=O)c1ccccc1. The minimum Gasteiger partial charge on any atom is -0.352 e. The lowest BCUT2D eigenvalue weighted by Crippen LogP contribution is -2.27. The molecule has 0 saturated heterocycles. The van der Waals surface area contributed by atoms with Crippen LogP contribution in [0.1, 0.15) is 71.2 Å². The molecule has 0 heterocycles. The first-order chi connectivity index (χ1) is 14.2. The fraction of sp³-hybridized carbons (Fsp3) is 0.600. The number of hydrogen-bond donors (Lipinski definition) is 3. The zero-order valence-corrected chi connectivity index (χ0v) is 20.0. The predicted octanol–water partition coefficient (Wildman–Crippen LogP) is 4.79. The van der Waals surface area contributed by atoms with Gasteiger partial charge in [-0.2, -0.15) is 0 Å². The first kappa shape index (κ1) is 30.1. The molecule has 0 aliphatic heterocycles. The molecule has 3 unspecified atom stereocenters. The largest absolute Gasteiger partial charge is 0.352 e. The van der Waals surface area contributed by atoms with Gasteiger partial charge in [-0.05, 0) is 42.5 Å². The number of nitrogens with one attached hydrogen (secondary N) is 2. The van der Waals surface area contributed by atoms with Gasteiger partial charge in [0.2, 0.25) is 5.91 Å². The third kappa shape index (κ3) is 17.9. The summed E-state index contributed by atoms with van der Waals surface area (Å²) in [6.45, 7) is 18.4. The van der Waals surface area contributed by atoms with Crippen LogP contribution in [0.15, 0.2) is 43.0 Å². The maximum absolute atomic E-state index is 11.6. The molecule has 0 aromatic heterocycles. The van der Waals surface area contributed by atoms with Gasteiger partial charge in [-0.25, -0.2) is 0 Å². The van der Waals surface area contributed by atoms with Crippen LogP contribution in [0.2, 0.25) is 0 Å². The summed E-state index contributed by atoms with van der Waals surface area (Å²) in [7, 11) is 0. The Labute approximate surface area is 184 Å². The van der Waals surface area contributed by atoms with Crippen molar-refractivity contribution in [1.29, 1.82) is 0 Å². The number of carbonyl (C=O) groups is 2. The average molecular weight is 420 g/mol. The summed E-state index contributed by atoms with van der Waals surface area (Å²) in [5.74, 6) is 1.75. The highest BCUT2D eigenvalue weighted by Gasteiger charge is 2.05. The molecule has 0 saturated carbocycles. The number of carbonyl (C=O) groups excluding carboxylic acids is 2. The first-order valence-corrected chi connectivity index (χ1v) is 11.2. The molecule has 5 heteroatoms. The van der Waals surface area contributed by atoms with Gasteiger partial charge in [-0.3, -0.25) is 9.59 Å². The van der Waals surface area contributed by atoms with E-state index in [1.54, 1.807) is 0 Å². The van der Waals surface area contributed by atoms with Crippen molar-refractivity contribution in [3.63, 3.8) is 0 Å². The molecule has 1 aromatic rings. The second-order valence-electron chi connectivity index (χ2n) is 7.80. The Morgan fingerprint density at radius 2 is 1.37 bits per heavy atom. The minimum atomic E-state index is -0.0831. The Morgan fingerprint density at radius 3 is 1.73 bits per heavy atom. The Morgan fingerprint density at radius 1 is 0.900 bits per heavy atom. The van der Waals surface area contributed by atoms with E-state index in [0.29, 0.717) is 17.8 Å². The minimum absolute atomic E-state index is 0.0194. The van der Waals surface area contributed by atoms with Crippen LogP contribution in [-0.2, 0) is 4.79 Å². The second-order valence-corrected chi connectivity index (χ2v) is 7.80. The van der Waals surface area contributed by atoms with E-state index in [2.05, 4.69) is 58.8 Å². The molecule has 4 N–H and O–H groups in total. The van der Waals surface area contributed by atoms with Crippen molar-refractivity contribution in [3.05, 3.63) is 48.6 Å². The van der Waals surface area contributed by atoms with Crippen LogP contribution >= 0.6 is 0 Å². The van der Waals surface area contributed by atoms with Crippen molar-refractivity contribution in [2.75, 3.05) is 19.6 Å². The Kier molecular flexibility index (Phi) is 20.2. The summed E-state index contributed by atoms with van der Waals surface area (Å²) in [5, 5.41) is 5.64. The molecule has 30 heavy (non-hydrogen) atoms. The van der Waals surface area contributed by atoms with E-state index in [1.165, 1.54) is 12.5 Å². The molecule has 1 aromatic carbocycles. The third-order valence-corrected chi connectivity index (χ3v) is 4.95. The fourth-order valence-corrected chi connectivity index (χ4v) is 1.76. The number of nitrogens with two attached hydrogens (primary N) is 1. The molecule has 5 nitrogen and oxygen atoms in total. The van der Waals surface area contributed by atoms with Crippen LogP contribution in [0.5, 0.6) is 0 Å². The van der Waals surface area contributed by atoms with Gasteiger partial charge in [0.25, 0.3) is 5.91 Å². The van der Waals surface area contributed by atoms with E-state index in [4.69, 9.17) is 5.73 Å². The van der Waals surface area contributed by atoms with E-state index in [0.717, 1.165) is 38.0 Å². The van der Waals surface area contributed by atoms with Crippen LogP contribution in [0.4, 0.5) is 0 Å². The summed E-state index contributed by atoms with van der Waals surface area (Å²) in [6.07, 6.45) is 4.69. The summed E-state index contributed by atoms with van der Waals surface area (Å²) in [4.78, 5) is 22.2. The Bertz CT molecular complexity index is 557. The Balaban J connectivity index is 0. The highest BCUT2D eigenvalue weighted by molar-refractivity contribution is 5.94. The third-order valence-electron chi connectivity index (χ3n) is 4.95. The first-order valence-electron chi connectivity index (χ1n) is 11.2. The second kappa shape index (κ2) is 20.1. The molecule has 172 valence electrons. The van der Waals surface area contributed by atoms with Crippen molar-refractivity contribution in [2.45, 2.75) is 60.8 Å². The topological polar surface area (TPSA) is 84.2 Å². The van der Waals surface area contributed by atoms with E-state index in [9.17, 15) is 9.59 Å². The monoisotopic (exact) mass is 419 g/mol. The zero-order chi connectivity index (χ0) is 23.4. The van der Waals surface area contributed by atoms with Crippen LogP contribution in [0.3, 0.4) is 0 Å². The molecule has 0 aliphatic carbocycles. The zero-order valence-electron chi connectivity index (χ0n) is 20.0. The van der Waals surface area contributed by atoms with Crippen LogP contribution in [0.25, 0.3) is 0 Å². The maximum Gasteiger partial charge on any atom is 0.251 e. The number of rotatable bonds is 10. The molecule has 0 spiro atoms. The highest BCUT2D eigenvalue weighted by Crippen LogP contribution is 2.01. The van der Waals surface area contributed by atoms with Crippen LogP contribution in [0, 0.1) is 17.8 Å². The normalized spacial score (nSPS) is 12.6. The molecular formula is C25H45N3O2. The number of benzene rings is 1. The molecule has 0 aliphatic rings. The Hall–Kier alpha value is -2.14. The van der Waals surface area contributed by atoms with Gasteiger partial charge in [0.15, 0.2) is 0 Å². The van der Waals surface area contributed by atoms with Crippen LogP contribution < -0.4 is 16.4 Å². The van der Waals surface area contributed by atoms with Gasteiger partial charge in [0.05, 0.1) is 0 Å². The summed E-state index contributed by atoms with van der Waals surface area (Å²) >= 11 is 0. The van der Waals surface area contributed by atoms with Gasteiger partial charge >= 0.3 is 0 Å². The summed E-state index contributed by atoms with van der Waals surface area (Å²) in [6, 6.07) is 9.31. The maximum atomic E-state index is 11.6. The van der Waals surface area contributed by atoms with Gasteiger partial charge in [-0.15, -0.1) is 0 Å². The van der Waals surface area contributed by atoms with Crippen molar-refractivity contribution in [3.8, 4) is 0 Å². The predicted molar refractivity (Wildman–Crippen MR) is 129 cm³/mol.